The summed E-state index contributed by atoms with van der Waals surface area (Å²) in [4.78, 5) is 4.52. The minimum absolute atomic E-state index is 0.102. The van der Waals surface area contributed by atoms with Gasteiger partial charge in [-0.2, -0.15) is 5.10 Å². The Balaban J connectivity index is 1.68. The maximum absolute atomic E-state index is 9.57. The highest BCUT2D eigenvalue weighted by molar-refractivity contribution is 7.14. The van der Waals surface area contributed by atoms with Crippen LogP contribution in [0.25, 0.3) is 11.3 Å². The summed E-state index contributed by atoms with van der Waals surface area (Å²) in [6, 6.07) is 13.3. The highest BCUT2D eigenvalue weighted by Gasteiger charge is 2.04. The minimum atomic E-state index is 0.102. The van der Waals surface area contributed by atoms with Crippen molar-refractivity contribution in [2.45, 2.75) is 6.92 Å². The van der Waals surface area contributed by atoms with E-state index in [1.54, 1.807) is 24.4 Å². The number of phenolic OH excluding ortho intramolecular Hbond substituents is 1. The van der Waals surface area contributed by atoms with Gasteiger partial charge in [-0.3, -0.25) is 5.43 Å². The lowest BCUT2D eigenvalue weighted by molar-refractivity contribution is 0.373. The van der Waals surface area contributed by atoms with Crippen LogP contribution in [0.15, 0.2) is 52.9 Å². The van der Waals surface area contributed by atoms with Crippen LogP contribution < -0.4 is 10.2 Å². The van der Waals surface area contributed by atoms with Crippen molar-refractivity contribution < 1.29 is 9.84 Å². The van der Waals surface area contributed by atoms with Gasteiger partial charge in [-0.1, -0.05) is 29.8 Å². The molecular weight excluding hydrogens is 322 g/mol. The fourth-order valence-corrected chi connectivity index (χ4v) is 2.79. The third kappa shape index (κ3) is 3.72. The molecule has 2 N–H and O–H groups in total. The monoisotopic (exact) mass is 339 g/mol. The molecule has 1 heterocycles. The Labute approximate surface area is 144 Å². The molecule has 0 saturated carbocycles. The highest BCUT2D eigenvalue weighted by atomic mass is 32.1. The van der Waals surface area contributed by atoms with Crippen LogP contribution in [0, 0.1) is 6.92 Å². The zero-order valence-electron chi connectivity index (χ0n) is 13.4. The normalized spacial score (nSPS) is 10.9. The fourth-order valence-electron chi connectivity index (χ4n) is 2.12. The van der Waals surface area contributed by atoms with E-state index in [2.05, 4.69) is 46.7 Å². The van der Waals surface area contributed by atoms with Crippen molar-refractivity contribution in [3.8, 4) is 22.8 Å². The van der Waals surface area contributed by atoms with Crippen LogP contribution in [0.4, 0.5) is 5.13 Å². The number of aromatic nitrogens is 1. The minimum Gasteiger partial charge on any atom is -0.504 e. The maximum Gasteiger partial charge on any atom is 0.203 e. The number of benzene rings is 2. The molecule has 0 radical (unpaired) electrons. The number of rotatable bonds is 5. The van der Waals surface area contributed by atoms with E-state index >= 15 is 0 Å². The standard InChI is InChI=1S/C18H17N3O2S/c1-12-3-6-14(7-4-12)15-11-24-18(20-15)21-19-10-13-5-8-16(22)17(9-13)23-2/h3-11,22H,1-2H3,(H,20,21)/b19-10-. The first-order valence-corrected chi connectivity index (χ1v) is 8.22. The van der Waals surface area contributed by atoms with Gasteiger partial charge in [0.2, 0.25) is 5.13 Å². The summed E-state index contributed by atoms with van der Waals surface area (Å²) in [6.07, 6.45) is 1.65. The molecule has 0 spiro atoms. The number of hydrogen-bond acceptors (Lipinski definition) is 6. The second-order valence-corrected chi connectivity index (χ2v) is 6.06. The molecule has 0 aliphatic heterocycles. The van der Waals surface area contributed by atoms with E-state index in [0.717, 1.165) is 16.8 Å². The Kier molecular flexibility index (Phi) is 4.77. The van der Waals surface area contributed by atoms with Gasteiger partial charge >= 0.3 is 0 Å². The fraction of sp³-hybridized carbons (Fsp3) is 0.111. The van der Waals surface area contributed by atoms with Crippen LogP contribution in [0.5, 0.6) is 11.5 Å². The number of phenols is 1. The van der Waals surface area contributed by atoms with Crippen molar-refractivity contribution in [3.05, 3.63) is 59.0 Å². The molecule has 0 unspecified atom stereocenters. The van der Waals surface area contributed by atoms with Gasteiger partial charge in [0.1, 0.15) is 0 Å². The molecular formula is C18H17N3O2S. The zero-order valence-corrected chi connectivity index (χ0v) is 14.2. The number of hydrogen-bond donors (Lipinski definition) is 2. The number of aryl methyl sites for hydroxylation is 1. The van der Waals surface area contributed by atoms with Crippen LogP contribution in [-0.4, -0.2) is 23.4 Å². The first-order valence-electron chi connectivity index (χ1n) is 7.34. The summed E-state index contributed by atoms with van der Waals surface area (Å²) < 4.78 is 5.07. The molecule has 0 bridgehead atoms. The van der Waals surface area contributed by atoms with E-state index in [1.165, 1.54) is 24.0 Å². The molecule has 1 aromatic heterocycles. The van der Waals surface area contributed by atoms with Gasteiger partial charge in [-0.05, 0) is 30.7 Å². The van der Waals surface area contributed by atoms with E-state index in [4.69, 9.17) is 4.74 Å². The summed E-state index contributed by atoms with van der Waals surface area (Å²) in [5.41, 5.74) is 6.96. The first kappa shape index (κ1) is 16.0. The zero-order chi connectivity index (χ0) is 16.9. The molecule has 122 valence electrons. The Morgan fingerprint density at radius 1 is 1.21 bits per heavy atom. The number of nitrogens with zero attached hydrogens (tertiary/aromatic N) is 2. The highest BCUT2D eigenvalue weighted by Crippen LogP contribution is 2.26. The second kappa shape index (κ2) is 7.14. The summed E-state index contributed by atoms with van der Waals surface area (Å²) >= 11 is 1.49. The number of nitrogens with one attached hydrogen (secondary N) is 1. The number of hydrazone groups is 1. The molecule has 5 nitrogen and oxygen atoms in total. The van der Waals surface area contributed by atoms with Crippen molar-refractivity contribution in [3.63, 3.8) is 0 Å². The number of ether oxygens (including phenoxy) is 1. The first-order chi connectivity index (χ1) is 11.7. The van der Waals surface area contributed by atoms with E-state index in [-0.39, 0.29) is 5.75 Å². The SMILES string of the molecule is COc1cc(/C=N\Nc2nc(-c3ccc(C)cc3)cs2)ccc1O. The molecule has 0 amide bonds. The molecule has 24 heavy (non-hydrogen) atoms. The Morgan fingerprint density at radius 2 is 2.00 bits per heavy atom. The lowest BCUT2D eigenvalue weighted by atomic mass is 10.1. The van der Waals surface area contributed by atoms with Crippen molar-refractivity contribution in [1.29, 1.82) is 0 Å². The third-order valence-electron chi connectivity index (χ3n) is 3.43. The molecule has 3 aromatic rings. The van der Waals surface area contributed by atoms with Gasteiger partial charge in [0, 0.05) is 10.9 Å². The summed E-state index contributed by atoms with van der Waals surface area (Å²) in [5, 5.41) is 16.5. The number of anilines is 1. The number of methoxy groups -OCH3 is 1. The molecule has 0 fully saturated rings. The molecule has 3 rings (SSSR count). The molecule has 0 aliphatic rings. The van der Waals surface area contributed by atoms with E-state index in [1.807, 2.05) is 5.38 Å². The van der Waals surface area contributed by atoms with Crippen LogP contribution in [-0.2, 0) is 0 Å². The number of aromatic hydroxyl groups is 1. The predicted octanol–water partition coefficient (Wildman–Crippen LogP) is 4.28. The van der Waals surface area contributed by atoms with Crippen molar-refractivity contribution >= 4 is 22.7 Å². The van der Waals surface area contributed by atoms with Gasteiger partial charge in [-0.25, -0.2) is 4.98 Å². The van der Waals surface area contributed by atoms with E-state index in [9.17, 15) is 5.11 Å². The third-order valence-corrected chi connectivity index (χ3v) is 4.18. The lowest BCUT2D eigenvalue weighted by Gasteiger charge is -2.03. The van der Waals surface area contributed by atoms with Crippen LogP contribution in [0.3, 0.4) is 0 Å². The smallest absolute Gasteiger partial charge is 0.203 e. The largest absolute Gasteiger partial charge is 0.504 e. The van der Waals surface area contributed by atoms with Crippen LogP contribution in [0.2, 0.25) is 0 Å². The Bertz CT molecular complexity index is 857. The van der Waals surface area contributed by atoms with Crippen LogP contribution in [0.1, 0.15) is 11.1 Å². The molecule has 0 saturated heterocycles. The van der Waals surface area contributed by atoms with Crippen molar-refractivity contribution in [2.24, 2.45) is 5.10 Å². The maximum atomic E-state index is 9.57. The van der Waals surface area contributed by atoms with Crippen LogP contribution >= 0.6 is 11.3 Å². The summed E-state index contributed by atoms with van der Waals surface area (Å²) in [6.45, 7) is 2.06. The topological polar surface area (TPSA) is 66.7 Å². The van der Waals surface area contributed by atoms with E-state index < -0.39 is 0 Å². The predicted molar refractivity (Wildman–Crippen MR) is 98.2 cm³/mol. The van der Waals surface area contributed by atoms with Gasteiger partial charge in [0.05, 0.1) is 19.0 Å². The molecule has 0 aliphatic carbocycles. The quantitative estimate of drug-likeness (QED) is 0.538. The lowest BCUT2D eigenvalue weighted by Crippen LogP contribution is -1.91. The Morgan fingerprint density at radius 3 is 2.75 bits per heavy atom. The second-order valence-electron chi connectivity index (χ2n) is 5.21. The Hall–Kier alpha value is -2.86. The van der Waals surface area contributed by atoms with Crippen molar-refractivity contribution in [1.82, 2.24) is 4.98 Å². The molecule has 2 aromatic carbocycles. The summed E-state index contributed by atoms with van der Waals surface area (Å²) in [5.74, 6) is 0.514. The van der Waals surface area contributed by atoms with E-state index in [0.29, 0.717) is 10.9 Å². The molecule has 6 heteroatoms. The number of thiazole rings is 1. The average Bonchev–Trinajstić information content (AvgIpc) is 3.06. The van der Waals surface area contributed by atoms with Gasteiger partial charge in [0.25, 0.3) is 0 Å². The molecule has 0 atom stereocenters. The van der Waals surface area contributed by atoms with Gasteiger partial charge in [0.15, 0.2) is 11.5 Å². The van der Waals surface area contributed by atoms with Gasteiger partial charge < -0.3 is 9.84 Å². The average molecular weight is 339 g/mol. The van der Waals surface area contributed by atoms with Crippen molar-refractivity contribution in [2.75, 3.05) is 12.5 Å². The summed E-state index contributed by atoms with van der Waals surface area (Å²) in [7, 11) is 1.51. The van der Waals surface area contributed by atoms with Gasteiger partial charge in [-0.15, -0.1) is 11.3 Å².